The summed E-state index contributed by atoms with van der Waals surface area (Å²) in [5, 5.41) is 0. The van der Waals surface area contributed by atoms with Crippen LogP contribution >= 0.6 is 0 Å². The van der Waals surface area contributed by atoms with E-state index in [-0.39, 0.29) is 6.29 Å². The lowest BCUT2D eigenvalue weighted by molar-refractivity contribution is -0.134. The van der Waals surface area contributed by atoms with Gasteiger partial charge in [0.15, 0.2) is 6.29 Å². The highest BCUT2D eigenvalue weighted by atomic mass is 16.7. The van der Waals surface area contributed by atoms with Gasteiger partial charge in [0.1, 0.15) is 0 Å². The van der Waals surface area contributed by atoms with E-state index in [0.29, 0.717) is 13.2 Å². The van der Waals surface area contributed by atoms with Crippen LogP contribution < -0.4 is 0 Å². The van der Waals surface area contributed by atoms with Crippen LogP contribution in [0.2, 0.25) is 0 Å². The fourth-order valence-electron chi connectivity index (χ4n) is 2.24. The molecule has 2 aromatic carbocycles. The Hall–Kier alpha value is -1.64. The highest BCUT2D eigenvalue weighted by Crippen LogP contribution is 2.21. The molecule has 0 N–H and O–H groups in total. The number of hydrogen-bond donors (Lipinski definition) is 0. The standard InChI is InChI=1S/C18H22O2/c1-3-19-18(20-4-2)14-15-9-8-12-17(13-15)16-10-6-5-7-11-16/h5-13,18H,3-4,14H2,1-2H3. The minimum Gasteiger partial charge on any atom is -0.353 e. The first-order valence-electron chi connectivity index (χ1n) is 7.21. The van der Waals surface area contributed by atoms with Gasteiger partial charge in [0, 0.05) is 19.6 Å². The molecule has 0 saturated carbocycles. The molecule has 106 valence electrons. The second-order valence-electron chi connectivity index (χ2n) is 4.61. The third kappa shape index (κ3) is 4.19. The number of ether oxygens (including phenoxy) is 2. The van der Waals surface area contributed by atoms with Crippen molar-refractivity contribution in [3.63, 3.8) is 0 Å². The minimum absolute atomic E-state index is 0.156. The van der Waals surface area contributed by atoms with E-state index in [9.17, 15) is 0 Å². The largest absolute Gasteiger partial charge is 0.353 e. The molecule has 0 bridgehead atoms. The molecule has 2 rings (SSSR count). The summed E-state index contributed by atoms with van der Waals surface area (Å²) in [6.07, 6.45) is 0.624. The first kappa shape index (κ1) is 14.8. The van der Waals surface area contributed by atoms with E-state index < -0.39 is 0 Å². The molecule has 0 saturated heterocycles. The van der Waals surface area contributed by atoms with Crippen molar-refractivity contribution >= 4 is 0 Å². The smallest absolute Gasteiger partial charge is 0.161 e. The summed E-state index contributed by atoms with van der Waals surface area (Å²) < 4.78 is 11.2. The molecule has 2 nitrogen and oxygen atoms in total. The van der Waals surface area contributed by atoms with Gasteiger partial charge in [-0.3, -0.25) is 0 Å². The summed E-state index contributed by atoms with van der Waals surface area (Å²) >= 11 is 0. The van der Waals surface area contributed by atoms with Crippen molar-refractivity contribution in [2.75, 3.05) is 13.2 Å². The molecule has 20 heavy (non-hydrogen) atoms. The van der Waals surface area contributed by atoms with Gasteiger partial charge in [0.2, 0.25) is 0 Å². The normalized spacial score (nSPS) is 10.9. The number of benzene rings is 2. The van der Waals surface area contributed by atoms with Crippen LogP contribution in [0, 0.1) is 0 Å². The van der Waals surface area contributed by atoms with Crippen LogP contribution in [-0.4, -0.2) is 19.5 Å². The van der Waals surface area contributed by atoms with Crippen LogP contribution in [0.25, 0.3) is 11.1 Å². The molecule has 0 amide bonds. The molecule has 2 heteroatoms. The van der Waals surface area contributed by atoms with Crippen molar-refractivity contribution in [2.24, 2.45) is 0 Å². The van der Waals surface area contributed by atoms with Gasteiger partial charge >= 0.3 is 0 Å². The summed E-state index contributed by atoms with van der Waals surface area (Å²) in [5.41, 5.74) is 3.70. The Balaban J connectivity index is 2.13. The predicted octanol–water partition coefficient (Wildman–Crippen LogP) is 4.30. The van der Waals surface area contributed by atoms with Crippen LogP contribution in [0.4, 0.5) is 0 Å². The van der Waals surface area contributed by atoms with Crippen molar-refractivity contribution < 1.29 is 9.47 Å². The third-order valence-electron chi connectivity index (χ3n) is 3.14. The third-order valence-corrected chi connectivity index (χ3v) is 3.14. The first-order chi connectivity index (χ1) is 9.83. The Morgan fingerprint density at radius 3 is 2.10 bits per heavy atom. The highest BCUT2D eigenvalue weighted by Gasteiger charge is 2.09. The lowest BCUT2D eigenvalue weighted by Crippen LogP contribution is -2.20. The summed E-state index contributed by atoms with van der Waals surface area (Å²) in [6, 6.07) is 19.0. The second-order valence-corrected chi connectivity index (χ2v) is 4.61. The highest BCUT2D eigenvalue weighted by molar-refractivity contribution is 5.63. The second kappa shape index (κ2) is 7.83. The maximum Gasteiger partial charge on any atom is 0.161 e. The van der Waals surface area contributed by atoms with E-state index in [0.717, 1.165) is 6.42 Å². The Kier molecular flexibility index (Phi) is 5.78. The van der Waals surface area contributed by atoms with Crippen molar-refractivity contribution in [2.45, 2.75) is 26.6 Å². The van der Waals surface area contributed by atoms with E-state index >= 15 is 0 Å². The van der Waals surface area contributed by atoms with Crippen molar-refractivity contribution in [3.8, 4) is 11.1 Å². The quantitative estimate of drug-likeness (QED) is 0.699. The van der Waals surface area contributed by atoms with Crippen LogP contribution in [0.5, 0.6) is 0 Å². The van der Waals surface area contributed by atoms with Gasteiger partial charge in [0.25, 0.3) is 0 Å². The molecule has 0 aliphatic rings. The molecule has 0 heterocycles. The van der Waals surface area contributed by atoms with E-state index in [1.54, 1.807) is 0 Å². The molecule has 0 unspecified atom stereocenters. The lowest BCUT2D eigenvalue weighted by atomic mass is 10.0. The van der Waals surface area contributed by atoms with E-state index in [1.165, 1.54) is 16.7 Å². The molecular formula is C18H22O2. The van der Waals surface area contributed by atoms with Gasteiger partial charge in [0.05, 0.1) is 0 Å². The van der Waals surface area contributed by atoms with E-state index in [1.807, 2.05) is 19.9 Å². The summed E-state index contributed by atoms with van der Waals surface area (Å²) in [7, 11) is 0. The van der Waals surface area contributed by atoms with Gasteiger partial charge in [-0.05, 0) is 30.5 Å². The predicted molar refractivity (Wildman–Crippen MR) is 82.6 cm³/mol. The van der Waals surface area contributed by atoms with Crippen LogP contribution in [0.1, 0.15) is 19.4 Å². The fourth-order valence-corrected chi connectivity index (χ4v) is 2.24. The van der Waals surface area contributed by atoms with Gasteiger partial charge in [-0.2, -0.15) is 0 Å². The van der Waals surface area contributed by atoms with E-state index in [4.69, 9.17) is 9.47 Å². The average Bonchev–Trinajstić information content (AvgIpc) is 2.49. The van der Waals surface area contributed by atoms with Gasteiger partial charge in [-0.25, -0.2) is 0 Å². The zero-order chi connectivity index (χ0) is 14.2. The Morgan fingerprint density at radius 1 is 0.800 bits per heavy atom. The maximum atomic E-state index is 5.61. The zero-order valence-corrected chi connectivity index (χ0v) is 12.2. The molecule has 0 spiro atoms. The van der Waals surface area contributed by atoms with Crippen molar-refractivity contribution in [1.29, 1.82) is 0 Å². The van der Waals surface area contributed by atoms with Crippen LogP contribution in [0.3, 0.4) is 0 Å². The lowest BCUT2D eigenvalue weighted by Gasteiger charge is -2.17. The van der Waals surface area contributed by atoms with Crippen molar-refractivity contribution in [1.82, 2.24) is 0 Å². The molecule has 0 aromatic heterocycles. The minimum atomic E-state index is -0.156. The molecule has 0 fully saturated rings. The number of hydrogen-bond acceptors (Lipinski definition) is 2. The summed E-state index contributed by atoms with van der Waals surface area (Å²) in [6.45, 7) is 5.32. The van der Waals surface area contributed by atoms with E-state index in [2.05, 4.69) is 48.5 Å². The molecule has 0 radical (unpaired) electrons. The average molecular weight is 270 g/mol. The number of rotatable bonds is 7. The first-order valence-corrected chi connectivity index (χ1v) is 7.21. The summed E-state index contributed by atoms with van der Waals surface area (Å²) in [4.78, 5) is 0. The monoisotopic (exact) mass is 270 g/mol. The van der Waals surface area contributed by atoms with Gasteiger partial charge in [-0.15, -0.1) is 0 Å². The van der Waals surface area contributed by atoms with Gasteiger partial charge < -0.3 is 9.47 Å². The topological polar surface area (TPSA) is 18.5 Å². The summed E-state index contributed by atoms with van der Waals surface area (Å²) in [5.74, 6) is 0. The maximum absolute atomic E-state index is 5.61. The zero-order valence-electron chi connectivity index (χ0n) is 12.2. The molecular weight excluding hydrogens is 248 g/mol. The molecule has 0 aliphatic heterocycles. The van der Waals surface area contributed by atoms with Crippen LogP contribution in [0.15, 0.2) is 54.6 Å². The Labute approximate surface area is 121 Å². The fraction of sp³-hybridized carbons (Fsp3) is 0.333. The Morgan fingerprint density at radius 2 is 1.45 bits per heavy atom. The molecule has 2 aromatic rings. The van der Waals surface area contributed by atoms with Crippen LogP contribution in [-0.2, 0) is 15.9 Å². The Bertz CT molecular complexity index is 502. The SMILES string of the molecule is CCOC(Cc1cccc(-c2ccccc2)c1)OCC. The molecule has 0 atom stereocenters. The van der Waals surface area contributed by atoms with Crippen molar-refractivity contribution in [3.05, 3.63) is 60.2 Å². The van der Waals surface area contributed by atoms with Gasteiger partial charge in [-0.1, -0.05) is 54.6 Å². The molecule has 0 aliphatic carbocycles.